The van der Waals surface area contributed by atoms with Crippen molar-refractivity contribution in [3.05, 3.63) is 70.2 Å². The molecular formula is C32H32BrN3O9. The van der Waals surface area contributed by atoms with Crippen LogP contribution in [0.15, 0.2) is 64.6 Å². The van der Waals surface area contributed by atoms with Gasteiger partial charge in [0.2, 0.25) is 0 Å². The van der Waals surface area contributed by atoms with Crippen molar-refractivity contribution in [3.8, 4) is 28.7 Å². The standard InChI is InChI=1S/C32H32BrN3O9/c1-5-13-44-25-12-11-20(17-26(25)43-6-2)36-31(39)21(30(38)35-32(36)40)14-19-15-22(33)29(27(16-19)42-4)45-18-28(37)34-23-9-7-8-10-24(23)41-3/h7-12,14-17H,5-6,13,18H2,1-4H3,(H,34,37)(H,35,38,40)/b21-14+. The number of anilines is 2. The summed E-state index contributed by atoms with van der Waals surface area (Å²) in [4.78, 5) is 52.6. The van der Waals surface area contributed by atoms with Gasteiger partial charge in [-0.25, -0.2) is 9.69 Å². The number of rotatable bonds is 13. The molecule has 2 N–H and O–H groups in total. The van der Waals surface area contributed by atoms with E-state index in [-0.39, 0.29) is 29.4 Å². The predicted molar refractivity (Wildman–Crippen MR) is 170 cm³/mol. The van der Waals surface area contributed by atoms with Crippen molar-refractivity contribution in [2.24, 2.45) is 0 Å². The van der Waals surface area contributed by atoms with Gasteiger partial charge in [-0.1, -0.05) is 19.1 Å². The quantitative estimate of drug-likeness (QED) is 0.181. The average Bonchev–Trinajstić information content (AvgIpc) is 3.02. The van der Waals surface area contributed by atoms with Gasteiger partial charge in [0.05, 0.1) is 43.3 Å². The van der Waals surface area contributed by atoms with Crippen molar-refractivity contribution in [1.29, 1.82) is 0 Å². The summed E-state index contributed by atoms with van der Waals surface area (Å²) in [6.45, 7) is 4.21. The highest BCUT2D eigenvalue weighted by Crippen LogP contribution is 2.38. The number of nitrogens with zero attached hydrogens (tertiary/aromatic N) is 1. The van der Waals surface area contributed by atoms with E-state index in [0.717, 1.165) is 11.3 Å². The number of ether oxygens (including phenoxy) is 5. The minimum absolute atomic E-state index is 0.192. The molecule has 3 aromatic carbocycles. The minimum Gasteiger partial charge on any atom is -0.495 e. The van der Waals surface area contributed by atoms with Crippen molar-refractivity contribution in [2.75, 3.05) is 44.3 Å². The third kappa shape index (κ3) is 7.73. The van der Waals surface area contributed by atoms with E-state index in [9.17, 15) is 19.2 Å². The molecule has 13 heteroatoms. The summed E-state index contributed by atoms with van der Waals surface area (Å²) >= 11 is 3.42. The number of amides is 5. The van der Waals surface area contributed by atoms with Gasteiger partial charge in [0.25, 0.3) is 17.7 Å². The fourth-order valence-electron chi connectivity index (χ4n) is 4.33. The first-order valence-electron chi connectivity index (χ1n) is 13.9. The van der Waals surface area contributed by atoms with Crippen LogP contribution < -0.4 is 39.2 Å². The number of benzene rings is 3. The summed E-state index contributed by atoms with van der Waals surface area (Å²) in [5.41, 5.74) is 0.768. The van der Waals surface area contributed by atoms with Crippen molar-refractivity contribution < 1.29 is 42.9 Å². The zero-order chi connectivity index (χ0) is 32.5. The van der Waals surface area contributed by atoms with Crippen molar-refractivity contribution in [3.63, 3.8) is 0 Å². The number of nitrogens with one attached hydrogen (secondary N) is 2. The molecule has 0 unspecified atom stereocenters. The van der Waals surface area contributed by atoms with Crippen LogP contribution in [-0.2, 0) is 14.4 Å². The first-order valence-corrected chi connectivity index (χ1v) is 14.7. The Hall–Kier alpha value is -5.04. The summed E-state index contributed by atoms with van der Waals surface area (Å²) in [7, 11) is 2.91. The van der Waals surface area contributed by atoms with Crippen LogP contribution in [0.25, 0.3) is 6.08 Å². The van der Waals surface area contributed by atoms with Gasteiger partial charge in [-0.3, -0.25) is 19.7 Å². The Labute approximate surface area is 268 Å². The summed E-state index contributed by atoms with van der Waals surface area (Å²) in [5.74, 6) is -0.373. The number of methoxy groups -OCH3 is 2. The molecule has 1 aliphatic rings. The van der Waals surface area contributed by atoms with Gasteiger partial charge in [-0.2, -0.15) is 0 Å². The second kappa shape index (κ2) is 15.1. The van der Waals surface area contributed by atoms with E-state index in [2.05, 4.69) is 26.6 Å². The number of carbonyl (C=O) groups is 4. The molecule has 4 rings (SSSR count). The Bertz CT molecular complexity index is 1640. The van der Waals surface area contributed by atoms with Crippen LogP contribution in [-0.4, -0.2) is 57.8 Å². The number of hydrogen-bond donors (Lipinski definition) is 2. The molecule has 0 radical (unpaired) electrons. The maximum absolute atomic E-state index is 13.5. The van der Waals surface area contributed by atoms with E-state index in [0.29, 0.717) is 46.2 Å². The first kappa shape index (κ1) is 32.9. The Morgan fingerprint density at radius 1 is 0.911 bits per heavy atom. The summed E-state index contributed by atoms with van der Waals surface area (Å²) in [6, 6.07) is 13.8. The number of barbiturate groups is 1. The van der Waals surface area contributed by atoms with E-state index in [1.807, 2.05) is 6.92 Å². The van der Waals surface area contributed by atoms with E-state index in [1.165, 1.54) is 38.5 Å². The van der Waals surface area contributed by atoms with Crippen molar-refractivity contribution in [1.82, 2.24) is 5.32 Å². The van der Waals surface area contributed by atoms with Crippen LogP contribution in [0.3, 0.4) is 0 Å². The van der Waals surface area contributed by atoms with Crippen LogP contribution in [0.1, 0.15) is 25.8 Å². The van der Waals surface area contributed by atoms with Crippen molar-refractivity contribution >= 4 is 57.1 Å². The number of para-hydroxylation sites is 2. The number of urea groups is 1. The van der Waals surface area contributed by atoms with Crippen LogP contribution in [0, 0.1) is 0 Å². The topological polar surface area (TPSA) is 142 Å². The second-order valence-corrected chi connectivity index (χ2v) is 10.3. The fourth-order valence-corrected chi connectivity index (χ4v) is 4.90. The summed E-state index contributed by atoms with van der Waals surface area (Å²) < 4.78 is 28.2. The van der Waals surface area contributed by atoms with Crippen LogP contribution in [0.5, 0.6) is 28.7 Å². The molecule has 5 amide bonds. The Morgan fingerprint density at radius 3 is 2.38 bits per heavy atom. The maximum atomic E-state index is 13.5. The SMILES string of the molecule is CCCOc1ccc(N2C(=O)NC(=O)/C(=C\c3cc(Br)c(OCC(=O)Nc4ccccc4OC)c(OC)c3)C2=O)cc1OCC. The maximum Gasteiger partial charge on any atom is 0.335 e. The highest BCUT2D eigenvalue weighted by molar-refractivity contribution is 9.10. The van der Waals surface area contributed by atoms with E-state index >= 15 is 0 Å². The van der Waals surface area contributed by atoms with Gasteiger partial charge in [0.1, 0.15) is 11.3 Å². The number of hydrogen-bond acceptors (Lipinski definition) is 9. The summed E-state index contributed by atoms with van der Waals surface area (Å²) in [6.07, 6.45) is 2.11. The molecule has 0 saturated carbocycles. The van der Waals surface area contributed by atoms with Crippen LogP contribution >= 0.6 is 15.9 Å². The third-order valence-electron chi connectivity index (χ3n) is 6.34. The van der Waals surface area contributed by atoms with Gasteiger partial charge in [-0.05, 0) is 77.3 Å². The number of imide groups is 2. The highest BCUT2D eigenvalue weighted by Gasteiger charge is 2.37. The first-order chi connectivity index (χ1) is 21.7. The molecule has 0 spiro atoms. The Balaban J connectivity index is 1.57. The number of halogens is 1. The van der Waals surface area contributed by atoms with E-state index in [4.69, 9.17) is 23.7 Å². The normalized spacial score (nSPS) is 13.8. The summed E-state index contributed by atoms with van der Waals surface area (Å²) in [5, 5.41) is 4.93. The molecule has 236 valence electrons. The molecular weight excluding hydrogens is 650 g/mol. The predicted octanol–water partition coefficient (Wildman–Crippen LogP) is 5.34. The molecule has 0 atom stereocenters. The van der Waals surface area contributed by atoms with Crippen LogP contribution in [0.2, 0.25) is 0 Å². The second-order valence-electron chi connectivity index (χ2n) is 9.44. The molecule has 12 nitrogen and oxygen atoms in total. The molecule has 1 heterocycles. The van der Waals surface area contributed by atoms with Gasteiger partial charge in [0.15, 0.2) is 29.6 Å². The average molecular weight is 683 g/mol. The lowest BCUT2D eigenvalue weighted by molar-refractivity contribution is -0.122. The third-order valence-corrected chi connectivity index (χ3v) is 6.93. The molecule has 0 aromatic heterocycles. The van der Waals surface area contributed by atoms with E-state index in [1.54, 1.807) is 43.3 Å². The van der Waals surface area contributed by atoms with Crippen LogP contribution in [0.4, 0.5) is 16.2 Å². The highest BCUT2D eigenvalue weighted by atomic mass is 79.9. The Kier molecular flexibility index (Phi) is 11.0. The smallest absolute Gasteiger partial charge is 0.335 e. The monoisotopic (exact) mass is 681 g/mol. The zero-order valence-corrected chi connectivity index (χ0v) is 26.7. The van der Waals surface area contributed by atoms with Crippen molar-refractivity contribution in [2.45, 2.75) is 20.3 Å². The molecule has 0 bridgehead atoms. The lowest BCUT2D eigenvalue weighted by Gasteiger charge is -2.27. The minimum atomic E-state index is -0.902. The molecule has 1 saturated heterocycles. The molecule has 1 fully saturated rings. The van der Waals surface area contributed by atoms with Gasteiger partial charge < -0.3 is 29.0 Å². The van der Waals surface area contributed by atoms with E-state index < -0.39 is 23.8 Å². The number of carbonyl (C=O) groups excluding carboxylic acids is 4. The Morgan fingerprint density at radius 2 is 1.67 bits per heavy atom. The lowest BCUT2D eigenvalue weighted by Crippen LogP contribution is -2.54. The van der Waals surface area contributed by atoms with Gasteiger partial charge in [0, 0.05) is 6.07 Å². The molecule has 45 heavy (non-hydrogen) atoms. The lowest BCUT2D eigenvalue weighted by atomic mass is 10.1. The zero-order valence-electron chi connectivity index (χ0n) is 25.1. The fraction of sp³-hybridized carbons (Fsp3) is 0.250. The molecule has 3 aromatic rings. The molecule has 0 aliphatic carbocycles. The van der Waals surface area contributed by atoms with Gasteiger partial charge >= 0.3 is 6.03 Å². The molecule has 1 aliphatic heterocycles. The largest absolute Gasteiger partial charge is 0.495 e. The van der Waals surface area contributed by atoms with Gasteiger partial charge in [-0.15, -0.1) is 0 Å².